The second-order valence-electron chi connectivity index (χ2n) is 5.36. The molecule has 1 aliphatic rings. The standard InChI is InChI=1S/C16H20BrN3/c17-14-11-13-5-3-6-15(16(13)19-12-14)18-7-4-10-20-8-1-2-9-20/h3,5-6,11-12,18H,1-2,4,7-10H2. The largest absolute Gasteiger partial charge is 0.383 e. The molecular formula is C16H20BrN3. The molecular weight excluding hydrogens is 314 g/mol. The Morgan fingerprint density at radius 1 is 1.25 bits per heavy atom. The van der Waals surface area contributed by atoms with E-state index < -0.39 is 0 Å². The van der Waals surface area contributed by atoms with Crippen LogP contribution in [0.15, 0.2) is 34.9 Å². The van der Waals surface area contributed by atoms with Gasteiger partial charge in [0, 0.05) is 22.6 Å². The van der Waals surface area contributed by atoms with E-state index in [9.17, 15) is 0 Å². The summed E-state index contributed by atoms with van der Waals surface area (Å²) in [6.45, 7) is 4.78. The van der Waals surface area contributed by atoms with Crippen LogP contribution in [0.3, 0.4) is 0 Å². The van der Waals surface area contributed by atoms with Gasteiger partial charge in [0.15, 0.2) is 0 Å². The third kappa shape index (κ3) is 3.30. The quantitative estimate of drug-likeness (QED) is 0.841. The third-order valence-electron chi connectivity index (χ3n) is 3.84. The second kappa shape index (κ2) is 6.55. The van der Waals surface area contributed by atoms with Crippen molar-refractivity contribution < 1.29 is 0 Å². The molecule has 0 spiro atoms. The number of aromatic nitrogens is 1. The highest BCUT2D eigenvalue weighted by Crippen LogP contribution is 2.23. The molecule has 3 nitrogen and oxygen atoms in total. The Kier molecular flexibility index (Phi) is 4.53. The Labute approximate surface area is 128 Å². The summed E-state index contributed by atoms with van der Waals surface area (Å²) in [6, 6.07) is 8.40. The molecule has 2 heterocycles. The zero-order chi connectivity index (χ0) is 13.8. The van der Waals surface area contributed by atoms with Crippen molar-refractivity contribution in [1.82, 2.24) is 9.88 Å². The predicted molar refractivity (Wildman–Crippen MR) is 88.2 cm³/mol. The fourth-order valence-corrected chi connectivity index (χ4v) is 3.16. The van der Waals surface area contributed by atoms with Crippen LogP contribution in [0.1, 0.15) is 19.3 Å². The molecule has 0 saturated carbocycles. The summed E-state index contributed by atoms with van der Waals surface area (Å²) < 4.78 is 1.02. The van der Waals surface area contributed by atoms with Crippen molar-refractivity contribution in [2.24, 2.45) is 0 Å². The molecule has 106 valence electrons. The minimum Gasteiger partial charge on any atom is -0.383 e. The minimum atomic E-state index is 1.01. The molecule has 1 fully saturated rings. The fourth-order valence-electron chi connectivity index (χ4n) is 2.81. The summed E-state index contributed by atoms with van der Waals surface area (Å²) >= 11 is 3.47. The first-order valence-corrected chi connectivity index (χ1v) is 8.13. The van der Waals surface area contributed by atoms with E-state index in [4.69, 9.17) is 0 Å². The van der Waals surface area contributed by atoms with Gasteiger partial charge in [-0.15, -0.1) is 0 Å². The van der Waals surface area contributed by atoms with Crippen molar-refractivity contribution in [3.8, 4) is 0 Å². The lowest BCUT2D eigenvalue weighted by molar-refractivity contribution is 0.337. The maximum atomic E-state index is 4.52. The normalized spacial score (nSPS) is 15.8. The Bertz CT molecular complexity index is 579. The van der Waals surface area contributed by atoms with Gasteiger partial charge in [0.05, 0.1) is 11.2 Å². The smallest absolute Gasteiger partial charge is 0.0934 e. The van der Waals surface area contributed by atoms with Crippen molar-refractivity contribution in [3.63, 3.8) is 0 Å². The summed E-state index contributed by atoms with van der Waals surface area (Å²) in [7, 11) is 0. The number of nitrogens with one attached hydrogen (secondary N) is 1. The summed E-state index contributed by atoms with van der Waals surface area (Å²) in [6.07, 6.45) is 5.79. The van der Waals surface area contributed by atoms with E-state index in [2.05, 4.69) is 55.4 Å². The van der Waals surface area contributed by atoms with E-state index in [0.717, 1.165) is 22.2 Å². The Balaban J connectivity index is 1.59. The predicted octanol–water partition coefficient (Wildman–Crippen LogP) is 3.90. The van der Waals surface area contributed by atoms with Crippen LogP contribution in [0.5, 0.6) is 0 Å². The fraction of sp³-hybridized carbons (Fsp3) is 0.438. The molecule has 1 N–H and O–H groups in total. The van der Waals surface area contributed by atoms with E-state index in [-0.39, 0.29) is 0 Å². The number of likely N-dealkylation sites (tertiary alicyclic amines) is 1. The molecule has 0 atom stereocenters. The summed E-state index contributed by atoms with van der Waals surface area (Å²) in [5, 5.41) is 4.70. The lowest BCUT2D eigenvalue weighted by Gasteiger charge is -2.15. The number of anilines is 1. The van der Waals surface area contributed by atoms with E-state index in [1.807, 2.05) is 6.20 Å². The van der Waals surface area contributed by atoms with E-state index >= 15 is 0 Å². The number of rotatable bonds is 5. The second-order valence-corrected chi connectivity index (χ2v) is 6.28. The van der Waals surface area contributed by atoms with Gasteiger partial charge in [-0.3, -0.25) is 4.98 Å². The number of nitrogens with zero attached hydrogens (tertiary/aromatic N) is 2. The van der Waals surface area contributed by atoms with Crippen LogP contribution in [0.4, 0.5) is 5.69 Å². The lowest BCUT2D eigenvalue weighted by atomic mass is 10.2. The van der Waals surface area contributed by atoms with Crippen molar-refractivity contribution in [2.45, 2.75) is 19.3 Å². The monoisotopic (exact) mass is 333 g/mol. The molecule has 1 aliphatic heterocycles. The molecule has 0 amide bonds. The number of halogens is 1. The molecule has 0 unspecified atom stereocenters. The van der Waals surface area contributed by atoms with Gasteiger partial charge in [0.25, 0.3) is 0 Å². The van der Waals surface area contributed by atoms with Crippen LogP contribution in [-0.2, 0) is 0 Å². The summed E-state index contributed by atoms with van der Waals surface area (Å²) in [5.41, 5.74) is 2.19. The molecule has 1 saturated heterocycles. The first kappa shape index (κ1) is 13.8. The number of pyridine rings is 1. The topological polar surface area (TPSA) is 28.2 Å². The van der Waals surface area contributed by atoms with E-state index in [1.165, 1.54) is 44.3 Å². The molecule has 3 rings (SSSR count). The Morgan fingerprint density at radius 3 is 2.95 bits per heavy atom. The average molecular weight is 334 g/mol. The van der Waals surface area contributed by atoms with Gasteiger partial charge in [-0.1, -0.05) is 12.1 Å². The number of hydrogen-bond acceptors (Lipinski definition) is 3. The van der Waals surface area contributed by atoms with Gasteiger partial charge in [-0.25, -0.2) is 0 Å². The molecule has 1 aromatic carbocycles. The van der Waals surface area contributed by atoms with Gasteiger partial charge in [-0.2, -0.15) is 0 Å². The molecule has 0 radical (unpaired) electrons. The van der Waals surface area contributed by atoms with E-state index in [1.54, 1.807) is 0 Å². The molecule has 0 bridgehead atoms. The number of fused-ring (bicyclic) bond motifs is 1. The summed E-state index contributed by atoms with van der Waals surface area (Å²) in [4.78, 5) is 7.07. The van der Waals surface area contributed by atoms with Gasteiger partial charge in [-0.05, 0) is 67.0 Å². The molecule has 1 aromatic heterocycles. The molecule has 4 heteroatoms. The number of hydrogen-bond donors (Lipinski definition) is 1. The highest BCUT2D eigenvalue weighted by atomic mass is 79.9. The van der Waals surface area contributed by atoms with Crippen molar-refractivity contribution in [2.75, 3.05) is 31.5 Å². The maximum absolute atomic E-state index is 4.52. The molecule has 2 aromatic rings. The van der Waals surface area contributed by atoms with Gasteiger partial charge < -0.3 is 10.2 Å². The third-order valence-corrected chi connectivity index (χ3v) is 4.28. The van der Waals surface area contributed by atoms with Crippen LogP contribution < -0.4 is 5.32 Å². The zero-order valence-electron chi connectivity index (χ0n) is 11.6. The molecule has 0 aliphatic carbocycles. The minimum absolute atomic E-state index is 1.01. The zero-order valence-corrected chi connectivity index (χ0v) is 13.2. The maximum Gasteiger partial charge on any atom is 0.0934 e. The van der Waals surface area contributed by atoms with Crippen molar-refractivity contribution in [1.29, 1.82) is 0 Å². The lowest BCUT2D eigenvalue weighted by Crippen LogP contribution is -2.22. The van der Waals surface area contributed by atoms with Crippen LogP contribution in [0.2, 0.25) is 0 Å². The van der Waals surface area contributed by atoms with Crippen LogP contribution in [0.25, 0.3) is 10.9 Å². The van der Waals surface area contributed by atoms with Gasteiger partial charge in [0.2, 0.25) is 0 Å². The van der Waals surface area contributed by atoms with Gasteiger partial charge in [0.1, 0.15) is 0 Å². The van der Waals surface area contributed by atoms with Crippen LogP contribution in [-0.4, -0.2) is 36.1 Å². The first-order valence-electron chi connectivity index (χ1n) is 7.33. The first-order chi connectivity index (χ1) is 9.83. The highest BCUT2D eigenvalue weighted by molar-refractivity contribution is 9.10. The van der Waals surface area contributed by atoms with Crippen LogP contribution >= 0.6 is 15.9 Å². The SMILES string of the molecule is Brc1cnc2c(NCCCN3CCCC3)cccc2c1. The number of benzene rings is 1. The average Bonchev–Trinajstić information content (AvgIpc) is 2.96. The van der Waals surface area contributed by atoms with Gasteiger partial charge >= 0.3 is 0 Å². The highest BCUT2D eigenvalue weighted by Gasteiger charge is 2.10. The van der Waals surface area contributed by atoms with Crippen molar-refractivity contribution in [3.05, 3.63) is 34.9 Å². The Morgan fingerprint density at radius 2 is 2.10 bits per heavy atom. The van der Waals surface area contributed by atoms with E-state index in [0.29, 0.717) is 0 Å². The van der Waals surface area contributed by atoms with Crippen molar-refractivity contribution >= 4 is 32.5 Å². The van der Waals surface area contributed by atoms with Crippen LogP contribution in [0, 0.1) is 0 Å². The Hall–Kier alpha value is -1.13. The summed E-state index contributed by atoms with van der Waals surface area (Å²) in [5.74, 6) is 0. The number of para-hydroxylation sites is 1. The molecule has 20 heavy (non-hydrogen) atoms.